The number of fused-ring (bicyclic) bond motifs is 1. The highest BCUT2D eigenvalue weighted by molar-refractivity contribution is 5.99. The van der Waals surface area contributed by atoms with Crippen LogP contribution in [0.1, 0.15) is 56.3 Å². The smallest absolute Gasteiger partial charge is 0.212 e. The third kappa shape index (κ3) is 5.44. The molecule has 0 amide bonds. The summed E-state index contributed by atoms with van der Waals surface area (Å²) in [6.07, 6.45) is 7.65. The van der Waals surface area contributed by atoms with E-state index in [0.29, 0.717) is 50.9 Å². The average molecular weight is 552 g/mol. The Morgan fingerprint density at radius 2 is 1.98 bits per heavy atom. The van der Waals surface area contributed by atoms with Crippen molar-refractivity contribution < 1.29 is 10.5 Å². The van der Waals surface area contributed by atoms with Crippen molar-refractivity contribution >= 4 is 22.3 Å². The molecule has 0 radical (unpaired) electrons. The van der Waals surface area contributed by atoms with E-state index in [1.165, 1.54) is 18.3 Å². The Labute approximate surface area is 239 Å². The number of hydrazine groups is 2. The van der Waals surface area contributed by atoms with Gasteiger partial charge in [0.05, 0.1) is 37.5 Å². The molecule has 6 rings (SSSR count). The molecular formula is C31H31FN8O. The third-order valence-corrected chi connectivity index (χ3v) is 7.29. The van der Waals surface area contributed by atoms with E-state index in [9.17, 15) is 11.0 Å². The highest BCUT2D eigenvalue weighted by atomic mass is 19.1. The first-order chi connectivity index (χ1) is 20.4. The monoisotopic (exact) mass is 551 g/mol. The molecular weight excluding hydrogens is 519 g/mol. The zero-order valence-electron chi connectivity index (χ0n) is 23.8. The van der Waals surface area contributed by atoms with Gasteiger partial charge in [-0.15, -0.1) is 5.53 Å². The standard InChI is InChI=1S/C31H31FN8O/c1-3-25(19-7-5-4-6-8-19)37-29-21(15-33)17-35-31-24(29)13-22(14-27(31)41-2)36-30(20-9-12-28(32)34-16-20)26-18-40(39-38-26)23-10-11-23/h4-9,12-14,16-18,23,25,30,36,38-39H,3,10-11H2,1-2H3,(H,35,37)/t25-,30?/m1/s1/i30D. The predicted octanol–water partition coefficient (Wildman–Crippen LogP) is 5.69. The second-order valence-electron chi connectivity index (χ2n) is 10.0. The molecule has 2 aromatic carbocycles. The van der Waals surface area contributed by atoms with Gasteiger partial charge in [-0.25, -0.2) is 4.98 Å². The maximum atomic E-state index is 13.8. The fourth-order valence-corrected chi connectivity index (χ4v) is 4.99. The van der Waals surface area contributed by atoms with Crippen molar-refractivity contribution in [1.82, 2.24) is 25.9 Å². The Morgan fingerprint density at radius 3 is 2.66 bits per heavy atom. The summed E-state index contributed by atoms with van der Waals surface area (Å²) in [5.41, 5.74) is 10.4. The molecule has 3 heterocycles. The van der Waals surface area contributed by atoms with Crippen LogP contribution in [0.15, 0.2) is 78.9 Å². The number of ether oxygens (including phenoxy) is 1. The highest BCUT2D eigenvalue weighted by Gasteiger charge is 2.32. The Bertz CT molecular complexity index is 1670. The van der Waals surface area contributed by atoms with Gasteiger partial charge in [-0.3, -0.25) is 9.99 Å². The number of nitrogens with one attached hydrogen (secondary N) is 4. The van der Waals surface area contributed by atoms with Crippen LogP contribution in [-0.4, -0.2) is 28.1 Å². The molecule has 0 saturated heterocycles. The fraction of sp³-hybridized carbons (Fsp3) is 0.258. The molecule has 4 N–H and O–H groups in total. The minimum absolute atomic E-state index is 0.0561. The number of hydrogen-bond donors (Lipinski definition) is 4. The van der Waals surface area contributed by atoms with E-state index in [-0.39, 0.29) is 6.04 Å². The quantitative estimate of drug-likeness (QED) is 0.185. The molecule has 41 heavy (non-hydrogen) atoms. The van der Waals surface area contributed by atoms with Crippen molar-refractivity contribution in [3.05, 3.63) is 102 Å². The van der Waals surface area contributed by atoms with Gasteiger partial charge in [0.1, 0.15) is 17.3 Å². The molecule has 2 atom stereocenters. The van der Waals surface area contributed by atoms with Crippen molar-refractivity contribution in [2.75, 3.05) is 17.7 Å². The molecule has 9 nitrogen and oxygen atoms in total. The van der Waals surface area contributed by atoms with Crippen molar-refractivity contribution in [1.29, 1.82) is 5.26 Å². The van der Waals surface area contributed by atoms with Crippen LogP contribution in [0.2, 0.25) is 0 Å². The Kier molecular flexibility index (Phi) is 6.93. The summed E-state index contributed by atoms with van der Waals surface area (Å²) in [7, 11) is 1.56. The molecule has 2 aliphatic rings. The summed E-state index contributed by atoms with van der Waals surface area (Å²) in [4.78, 5) is 8.37. The molecule has 1 fully saturated rings. The molecule has 2 aromatic heterocycles. The molecule has 208 valence electrons. The maximum Gasteiger partial charge on any atom is 0.212 e. The van der Waals surface area contributed by atoms with Crippen molar-refractivity contribution in [2.24, 2.45) is 0 Å². The molecule has 1 saturated carbocycles. The molecule has 10 heteroatoms. The third-order valence-electron chi connectivity index (χ3n) is 7.29. The van der Waals surface area contributed by atoms with Gasteiger partial charge in [-0.1, -0.05) is 43.3 Å². The van der Waals surface area contributed by atoms with Gasteiger partial charge in [0.15, 0.2) is 0 Å². The summed E-state index contributed by atoms with van der Waals surface area (Å²) in [5, 5.41) is 19.6. The number of benzene rings is 2. The van der Waals surface area contributed by atoms with Crippen LogP contribution in [0.4, 0.5) is 15.8 Å². The van der Waals surface area contributed by atoms with Gasteiger partial charge in [-0.05, 0) is 42.5 Å². The molecule has 1 aliphatic carbocycles. The zero-order valence-corrected chi connectivity index (χ0v) is 22.8. The van der Waals surface area contributed by atoms with Crippen LogP contribution in [0.3, 0.4) is 0 Å². The lowest BCUT2D eigenvalue weighted by Gasteiger charge is -2.24. The minimum atomic E-state index is -1.58. The second kappa shape index (κ2) is 11.3. The van der Waals surface area contributed by atoms with E-state index < -0.39 is 12.0 Å². The van der Waals surface area contributed by atoms with E-state index >= 15 is 0 Å². The molecule has 1 aliphatic heterocycles. The van der Waals surface area contributed by atoms with Crippen LogP contribution in [0, 0.1) is 17.3 Å². The number of halogens is 1. The Morgan fingerprint density at radius 1 is 1.15 bits per heavy atom. The summed E-state index contributed by atoms with van der Waals surface area (Å²) in [6, 6.07) is 17.4. The molecule has 0 spiro atoms. The second-order valence-corrected chi connectivity index (χ2v) is 10.0. The number of hydrogen-bond acceptors (Lipinski definition) is 9. The average Bonchev–Trinajstić information content (AvgIpc) is 3.75. The van der Waals surface area contributed by atoms with Crippen LogP contribution in [0.5, 0.6) is 5.75 Å². The lowest BCUT2D eigenvalue weighted by atomic mass is 10.0. The summed E-state index contributed by atoms with van der Waals surface area (Å²) in [5.74, 6) is -0.157. The Hall–Kier alpha value is -4.88. The Balaban J connectivity index is 1.46. The zero-order chi connectivity index (χ0) is 29.3. The lowest BCUT2D eigenvalue weighted by molar-refractivity contribution is 0.260. The van der Waals surface area contributed by atoms with Crippen LogP contribution >= 0.6 is 0 Å². The van der Waals surface area contributed by atoms with Gasteiger partial charge in [0.25, 0.3) is 0 Å². The first-order valence-corrected chi connectivity index (χ1v) is 13.6. The minimum Gasteiger partial charge on any atom is -0.494 e. The number of nitrogens with zero attached hydrogens (tertiary/aromatic N) is 4. The first kappa shape index (κ1) is 25.1. The van der Waals surface area contributed by atoms with E-state index in [1.54, 1.807) is 19.4 Å². The van der Waals surface area contributed by atoms with Gasteiger partial charge >= 0.3 is 0 Å². The van der Waals surface area contributed by atoms with Gasteiger partial charge in [-0.2, -0.15) is 9.65 Å². The van der Waals surface area contributed by atoms with Crippen LogP contribution < -0.4 is 26.3 Å². The van der Waals surface area contributed by atoms with E-state index in [4.69, 9.17) is 4.74 Å². The number of aromatic nitrogens is 2. The highest BCUT2D eigenvalue weighted by Crippen LogP contribution is 2.39. The number of pyridine rings is 2. The fourth-order valence-electron chi connectivity index (χ4n) is 4.99. The van der Waals surface area contributed by atoms with E-state index in [1.807, 2.05) is 35.5 Å². The van der Waals surface area contributed by atoms with Gasteiger partial charge in [0.2, 0.25) is 5.95 Å². The van der Waals surface area contributed by atoms with E-state index in [2.05, 4.69) is 56.7 Å². The predicted molar refractivity (Wildman–Crippen MR) is 156 cm³/mol. The van der Waals surface area contributed by atoms with Crippen molar-refractivity contribution in [3.8, 4) is 11.8 Å². The first-order valence-electron chi connectivity index (χ1n) is 14.1. The van der Waals surface area contributed by atoms with Crippen molar-refractivity contribution in [3.63, 3.8) is 0 Å². The summed E-state index contributed by atoms with van der Waals surface area (Å²) < 4.78 is 29.2. The van der Waals surface area contributed by atoms with E-state index in [0.717, 1.165) is 24.8 Å². The molecule has 4 aromatic rings. The SMILES string of the molecule is [2H]C(Nc1cc(OC)c2ncc(C#N)c(N[C@H](CC)c3ccccc3)c2c1)(C1=CN(C2CC2)NN1)c1ccc(F)nc1. The largest absolute Gasteiger partial charge is 0.494 e. The number of rotatable bonds is 10. The number of anilines is 2. The van der Waals surface area contributed by atoms with Gasteiger partial charge in [0, 0.05) is 41.8 Å². The number of methoxy groups -OCH3 is 1. The van der Waals surface area contributed by atoms with Crippen LogP contribution in [0.25, 0.3) is 10.9 Å². The number of nitriles is 1. The summed E-state index contributed by atoms with van der Waals surface area (Å²) >= 11 is 0. The maximum absolute atomic E-state index is 13.8. The topological polar surface area (TPSA) is 110 Å². The lowest BCUT2D eigenvalue weighted by Crippen LogP contribution is -2.38. The summed E-state index contributed by atoms with van der Waals surface area (Å²) in [6.45, 7) is 2.08. The van der Waals surface area contributed by atoms with Gasteiger partial charge < -0.3 is 20.8 Å². The molecule has 1 unspecified atom stereocenters. The van der Waals surface area contributed by atoms with Crippen molar-refractivity contribution in [2.45, 2.75) is 44.3 Å². The van der Waals surface area contributed by atoms with Crippen LogP contribution in [-0.2, 0) is 0 Å². The normalized spacial score (nSPS) is 17.1. The molecule has 0 bridgehead atoms.